The molecule has 0 spiro atoms. The van der Waals surface area contributed by atoms with Crippen LogP contribution in [0.4, 0.5) is 10.1 Å². The van der Waals surface area contributed by atoms with E-state index >= 15 is 0 Å². The van der Waals surface area contributed by atoms with Crippen LogP contribution in [0.5, 0.6) is 0 Å². The summed E-state index contributed by atoms with van der Waals surface area (Å²) in [5.41, 5.74) is -0.448. The van der Waals surface area contributed by atoms with E-state index in [2.05, 4.69) is 6.92 Å². The van der Waals surface area contributed by atoms with Gasteiger partial charge in [-0.25, -0.2) is 0 Å². The van der Waals surface area contributed by atoms with E-state index in [-0.39, 0.29) is 17.5 Å². The quantitative estimate of drug-likeness (QED) is 0.618. The fourth-order valence-electron chi connectivity index (χ4n) is 2.66. The molecule has 0 saturated carbocycles. The van der Waals surface area contributed by atoms with Crippen molar-refractivity contribution < 1.29 is 14.1 Å². The van der Waals surface area contributed by atoms with Crippen LogP contribution in [-0.2, 0) is 0 Å². The van der Waals surface area contributed by atoms with Gasteiger partial charge in [0, 0.05) is 24.2 Å². The van der Waals surface area contributed by atoms with Crippen LogP contribution in [0.25, 0.3) is 0 Å². The highest BCUT2D eigenvalue weighted by atomic mass is 19.1. The fraction of sp³-hybridized carbons (Fsp3) is 0.500. The number of hydrogen-bond acceptors (Lipinski definition) is 3. The summed E-state index contributed by atoms with van der Waals surface area (Å²) in [6.45, 7) is 4.75. The van der Waals surface area contributed by atoms with Gasteiger partial charge in [0.25, 0.3) is 5.91 Å². The van der Waals surface area contributed by atoms with E-state index in [4.69, 9.17) is 0 Å². The average Bonchev–Trinajstić information content (AvgIpc) is 2.37. The van der Waals surface area contributed by atoms with Crippen molar-refractivity contribution in [1.29, 1.82) is 0 Å². The maximum atomic E-state index is 13.6. The second kappa shape index (κ2) is 5.56. The number of piperidine rings is 1. The van der Waals surface area contributed by atoms with Crippen LogP contribution in [0, 0.1) is 21.8 Å². The van der Waals surface area contributed by atoms with Gasteiger partial charge >= 0.3 is 5.69 Å². The summed E-state index contributed by atoms with van der Waals surface area (Å²) in [5.74, 6) is -0.667. The molecule has 1 saturated heterocycles. The maximum Gasteiger partial charge on any atom is 0.304 e. The van der Waals surface area contributed by atoms with Crippen LogP contribution in [0.3, 0.4) is 0 Å². The van der Waals surface area contributed by atoms with Crippen molar-refractivity contribution in [2.24, 2.45) is 5.92 Å². The number of halogens is 1. The van der Waals surface area contributed by atoms with Gasteiger partial charge in [-0.05, 0) is 37.8 Å². The summed E-state index contributed by atoms with van der Waals surface area (Å²) < 4.78 is 13.6. The number of amides is 1. The van der Waals surface area contributed by atoms with Crippen molar-refractivity contribution >= 4 is 11.6 Å². The molecule has 6 heteroatoms. The third-order valence-corrected chi connectivity index (χ3v) is 3.79. The molecular weight excluding hydrogens is 263 g/mol. The molecular formula is C14H17FN2O3. The molecule has 0 aromatic heterocycles. The first kappa shape index (κ1) is 14.4. The molecule has 5 nitrogen and oxygen atoms in total. The molecule has 1 aliphatic heterocycles. The zero-order chi connectivity index (χ0) is 14.9. The van der Waals surface area contributed by atoms with Gasteiger partial charge in [0.15, 0.2) is 0 Å². The number of likely N-dealkylation sites (tertiary alicyclic amines) is 1. The van der Waals surface area contributed by atoms with E-state index in [1.165, 1.54) is 6.07 Å². The molecule has 0 radical (unpaired) electrons. The number of rotatable bonds is 2. The molecule has 2 rings (SSSR count). The predicted octanol–water partition coefficient (Wildman–Crippen LogP) is 2.99. The molecule has 1 heterocycles. The Morgan fingerprint density at radius 3 is 2.70 bits per heavy atom. The third kappa shape index (κ3) is 2.79. The number of hydrogen-bond donors (Lipinski definition) is 0. The van der Waals surface area contributed by atoms with Gasteiger partial charge in [-0.3, -0.25) is 14.9 Å². The molecule has 108 valence electrons. The number of carbonyl (C=O) groups excluding carboxylic acids is 1. The van der Waals surface area contributed by atoms with E-state index in [1.807, 2.05) is 6.92 Å². The van der Waals surface area contributed by atoms with Crippen LogP contribution in [0.15, 0.2) is 18.2 Å². The summed E-state index contributed by atoms with van der Waals surface area (Å²) in [5, 5.41) is 10.6. The molecule has 1 amide bonds. The Balaban J connectivity index is 2.21. The Morgan fingerprint density at radius 1 is 1.45 bits per heavy atom. The maximum absolute atomic E-state index is 13.6. The first-order chi connectivity index (χ1) is 9.40. The van der Waals surface area contributed by atoms with Crippen molar-refractivity contribution in [3.8, 4) is 0 Å². The van der Waals surface area contributed by atoms with Gasteiger partial charge in [0.05, 0.1) is 4.92 Å². The lowest BCUT2D eigenvalue weighted by molar-refractivity contribution is -0.387. The van der Waals surface area contributed by atoms with Crippen molar-refractivity contribution in [1.82, 2.24) is 4.90 Å². The molecule has 1 aromatic rings. The zero-order valence-electron chi connectivity index (χ0n) is 11.5. The highest BCUT2D eigenvalue weighted by Gasteiger charge is 2.28. The number of nitro benzene ring substituents is 1. The number of benzene rings is 1. The number of carbonyl (C=O) groups is 1. The van der Waals surface area contributed by atoms with Crippen LogP contribution in [0.2, 0.25) is 0 Å². The third-order valence-electron chi connectivity index (χ3n) is 3.79. The van der Waals surface area contributed by atoms with E-state index in [0.29, 0.717) is 12.5 Å². The van der Waals surface area contributed by atoms with Crippen molar-refractivity contribution in [3.63, 3.8) is 0 Å². The van der Waals surface area contributed by atoms with Gasteiger partial charge in [-0.1, -0.05) is 6.92 Å². The second-order valence-corrected chi connectivity index (χ2v) is 5.40. The van der Waals surface area contributed by atoms with E-state index in [1.54, 1.807) is 4.90 Å². The minimum atomic E-state index is -0.973. The predicted molar refractivity (Wildman–Crippen MR) is 72.0 cm³/mol. The highest BCUT2D eigenvalue weighted by molar-refractivity contribution is 5.94. The lowest BCUT2D eigenvalue weighted by Crippen LogP contribution is -2.44. The Bertz CT molecular complexity index is 547. The topological polar surface area (TPSA) is 63.5 Å². The largest absolute Gasteiger partial charge is 0.336 e. The minimum absolute atomic E-state index is 0.101. The lowest BCUT2D eigenvalue weighted by Gasteiger charge is -2.36. The molecule has 2 atom stereocenters. The zero-order valence-corrected chi connectivity index (χ0v) is 11.5. The molecule has 1 fully saturated rings. The van der Waals surface area contributed by atoms with Crippen molar-refractivity contribution in [2.45, 2.75) is 32.7 Å². The average molecular weight is 280 g/mol. The standard InChI is InChI=1S/C14H17FN2O3/c1-9-5-6-16(10(2)7-9)14(18)11-3-4-13(17(19)20)12(15)8-11/h3-4,8-10H,5-7H2,1-2H3. The Hall–Kier alpha value is -1.98. The molecule has 1 aromatic carbocycles. The summed E-state index contributed by atoms with van der Waals surface area (Å²) in [4.78, 5) is 23.8. The summed E-state index contributed by atoms with van der Waals surface area (Å²) in [6, 6.07) is 3.41. The molecule has 1 aliphatic rings. The second-order valence-electron chi connectivity index (χ2n) is 5.40. The van der Waals surface area contributed by atoms with E-state index < -0.39 is 16.4 Å². The van der Waals surface area contributed by atoms with Crippen LogP contribution in [-0.4, -0.2) is 28.3 Å². The highest BCUT2D eigenvalue weighted by Crippen LogP contribution is 2.25. The molecule has 0 bridgehead atoms. The Morgan fingerprint density at radius 2 is 2.15 bits per heavy atom. The number of nitro groups is 1. The Labute approximate surface area is 116 Å². The van der Waals surface area contributed by atoms with Crippen LogP contribution < -0.4 is 0 Å². The number of nitrogens with zero attached hydrogens (tertiary/aromatic N) is 2. The monoisotopic (exact) mass is 280 g/mol. The first-order valence-corrected chi connectivity index (χ1v) is 6.65. The smallest absolute Gasteiger partial charge is 0.304 e. The van der Waals surface area contributed by atoms with Gasteiger partial charge in [0.2, 0.25) is 5.82 Å². The van der Waals surface area contributed by atoms with Gasteiger partial charge < -0.3 is 4.90 Å². The minimum Gasteiger partial charge on any atom is -0.336 e. The summed E-state index contributed by atoms with van der Waals surface area (Å²) in [6.07, 6.45) is 1.84. The summed E-state index contributed by atoms with van der Waals surface area (Å²) in [7, 11) is 0. The Kier molecular flexibility index (Phi) is 4.01. The summed E-state index contributed by atoms with van der Waals surface area (Å²) >= 11 is 0. The molecule has 20 heavy (non-hydrogen) atoms. The molecule has 2 unspecified atom stereocenters. The van der Waals surface area contributed by atoms with Gasteiger partial charge in [-0.2, -0.15) is 4.39 Å². The first-order valence-electron chi connectivity index (χ1n) is 6.65. The van der Waals surface area contributed by atoms with Crippen molar-refractivity contribution in [3.05, 3.63) is 39.7 Å². The molecule has 0 N–H and O–H groups in total. The van der Waals surface area contributed by atoms with Crippen molar-refractivity contribution in [2.75, 3.05) is 6.54 Å². The van der Waals surface area contributed by atoms with E-state index in [9.17, 15) is 19.3 Å². The lowest BCUT2D eigenvalue weighted by atomic mass is 9.93. The van der Waals surface area contributed by atoms with Crippen LogP contribution >= 0.6 is 0 Å². The van der Waals surface area contributed by atoms with Gasteiger partial charge in [-0.15, -0.1) is 0 Å². The van der Waals surface area contributed by atoms with E-state index in [0.717, 1.165) is 25.0 Å². The fourth-order valence-corrected chi connectivity index (χ4v) is 2.66. The SMILES string of the molecule is CC1CCN(C(=O)c2ccc([N+](=O)[O-])c(F)c2)C(C)C1. The normalized spacial score (nSPS) is 22.6. The van der Waals surface area contributed by atoms with Crippen LogP contribution in [0.1, 0.15) is 37.0 Å². The molecule has 0 aliphatic carbocycles. The van der Waals surface area contributed by atoms with Gasteiger partial charge in [0.1, 0.15) is 0 Å².